The summed E-state index contributed by atoms with van der Waals surface area (Å²) in [5, 5.41) is 3.57. The lowest BCUT2D eigenvalue weighted by atomic mass is 10.6. The van der Waals surface area contributed by atoms with Gasteiger partial charge in [0.15, 0.2) is 4.60 Å². The van der Waals surface area contributed by atoms with E-state index in [1.165, 1.54) is 0 Å². The second kappa shape index (κ2) is 4.87. The maximum Gasteiger partial charge on any atom is 0.345 e. The molecule has 0 aliphatic carbocycles. The molecule has 0 atom stereocenters. The first-order chi connectivity index (χ1) is 7.04. The zero-order valence-electron chi connectivity index (χ0n) is 7.82. The lowest BCUT2D eigenvalue weighted by Gasteiger charge is -2.03. The quantitative estimate of drug-likeness (QED) is 0.735. The van der Waals surface area contributed by atoms with E-state index in [0.29, 0.717) is 0 Å². The van der Waals surface area contributed by atoms with E-state index >= 15 is 0 Å². The van der Waals surface area contributed by atoms with Crippen molar-refractivity contribution < 1.29 is 9.53 Å². The van der Waals surface area contributed by atoms with Crippen LogP contribution < -0.4 is 11.2 Å². The monoisotopic (exact) mass is 277 g/mol. The fraction of sp³-hybridized carbons (Fsp3) is 0.429. The molecule has 0 aromatic carbocycles. The van der Waals surface area contributed by atoms with Crippen LogP contribution in [-0.4, -0.2) is 27.3 Å². The van der Waals surface area contributed by atoms with Gasteiger partial charge in [-0.15, -0.1) is 0 Å². The van der Waals surface area contributed by atoms with Gasteiger partial charge in [0.2, 0.25) is 0 Å². The number of halogens is 1. The molecule has 1 rings (SSSR count). The molecule has 82 valence electrons. The summed E-state index contributed by atoms with van der Waals surface area (Å²) in [6.07, 6.45) is 0. The number of hydrogen-bond donors (Lipinski definition) is 1. The number of hydrogen-bond acceptors (Lipinski definition) is 5. The van der Waals surface area contributed by atoms with Crippen molar-refractivity contribution in [2.24, 2.45) is 0 Å². The van der Waals surface area contributed by atoms with Gasteiger partial charge in [-0.05, 0) is 22.9 Å². The van der Waals surface area contributed by atoms with Gasteiger partial charge in [0.1, 0.15) is 6.54 Å². The summed E-state index contributed by atoms with van der Waals surface area (Å²) in [6.45, 7) is 1.54. The van der Waals surface area contributed by atoms with Gasteiger partial charge in [0, 0.05) is 0 Å². The second-order valence-electron chi connectivity index (χ2n) is 2.51. The van der Waals surface area contributed by atoms with Crippen LogP contribution >= 0.6 is 15.9 Å². The normalized spacial score (nSPS) is 10.0. The summed E-state index contributed by atoms with van der Waals surface area (Å²) < 4.78 is 5.37. The molecule has 0 fully saturated rings. The van der Waals surface area contributed by atoms with Crippen molar-refractivity contribution >= 4 is 21.9 Å². The minimum absolute atomic E-state index is 0.0635. The molecular weight excluding hydrogens is 270 g/mol. The first-order valence-electron chi connectivity index (χ1n) is 4.07. The highest BCUT2D eigenvalue weighted by Crippen LogP contribution is 1.92. The number of H-pyrrole nitrogens is 1. The lowest BCUT2D eigenvalue weighted by Crippen LogP contribution is -2.35. The third kappa shape index (κ3) is 3.01. The number of esters is 1. The third-order valence-corrected chi connectivity index (χ3v) is 1.95. The van der Waals surface area contributed by atoms with E-state index in [2.05, 4.69) is 25.8 Å². The number of carbonyl (C=O) groups excluding carboxylic acids is 1. The molecule has 15 heavy (non-hydrogen) atoms. The number of ether oxygens (including phenoxy) is 1. The Labute approximate surface area is 92.2 Å². The number of rotatable bonds is 3. The lowest BCUT2D eigenvalue weighted by molar-refractivity contribution is -0.144. The van der Waals surface area contributed by atoms with Crippen LogP contribution in [0, 0.1) is 0 Å². The van der Waals surface area contributed by atoms with Crippen molar-refractivity contribution in [3.8, 4) is 0 Å². The summed E-state index contributed by atoms with van der Waals surface area (Å²) in [5.41, 5.74) is -1.39. The Hall–Kier alpha value is -1.44. The topological polar surface area (TPSA) is 94.1 Å². The Bertz CT molecular complexity index is 478. The zero-order valence-corrected chi connectivity index (χ0v) is 9.41. The van der Waals surface area contributed by atoms with Crippen LogP contribution in [0.5, 0.6) is 0 Å². The Morgan fingerprint density at radius 1 is 1.60 bits per heavy atom. The molecule has 0 radical (unpaired) electrons. The highest BCUT2D eigenvalue weighted by molar-refractivity contribution is 9.10. The fourth-order valence-electron chi connectivity index (χ4n) is 0.846. The van der Waals surface area contributed by atoms with Crippen molar-refractivity contribution in [2.45, 2.75) is 13.5 Å². The summed E-state index contributed by atoms with van der Waals surface area (Å²) in [7, 11) is 0. The predicted octanol–water partition coefficient (Wildman–Crippen LogP) is -0.743. The second-order valence-corrected chi connectivity index (χ2v) is 3.26. The van der Waals surface area contributed by atoms with Crippen LogP contribution in [0.25, 0.3) is 0 Å². The number of aromatic nitrogens is 3. The van der Waals surface area contributed by atoms with E-state index < -0.39 is 17.2 Å². The van der Waals surface area contributed by atoms with Gasteiger partial charge < -0.3 is 4.74 Å². The van der Waals surface area contributed by atoms with E-state index in [9.17, 15) is 14.4 Å². The van der Waals surface area contributed by atoms with E-state index in [-0.39, 0.29) is 17.8 Å². The van der Waals surface area contributed by atoms with Crippen LogP contribution in [0.15, 0.2) is 14.2 Å². The first-order valence-corrected chi connectivity index (χ1v) is 4.86. The molecule has 0 amide bonds. The van der Waals surface area contributed by atoms with Crippen LogP contribution in [0.3, 0.4) is 0 Å². The van der Waals surface area contributed by atoms with Gasteiger partial charge in [-0.3, -0.25) is 14.6 Å². The number of carbonyl (C=O) groups is 1. The number of aromatic amines is 1. The Morgan fingerprint density at radius 3 is 2.87 bits per heavy atom. The molecule has 0 aliphatic rings. The minimum Gasteiger partial charge on any atom is -0.465 e. The average molecular weight is 278 g/mol. The summed E-state index contributed by atoms with van der Waals surface area (Å²) in [5.74, 6) is -0.592. The molecule has 1 heterocycles. The maximum absolute atomic E-state index is 11.1. The molecule has 0 aliphatic heterocycles. The molecule has 0 saturated heterocycles. The van der Waals surface area contributed by atoms with Gasteiger partial charge in [0.05, 0.1) is 6.61 Å². The van der Waals surface area contributed by atoms with Gasteiger partial charge in [0.25, 0.3) is 5.56 Å². The first kappa shape index (κ1) is 11.6. The van der Waals surface area contributed by atoms with Crippen molar-refractivity contribution in [1.82, 2.24) is 14.8 Å². The molecule has 7 nitrogen and oxygen atoms in total. The summed E-state index contributed by atoms with van der Waals surface area (Å²) in [6, 6.07) is 0. The van der Waals surface area contributed by atoms with Crippen molar-refractivity contribution in [3.63, 3.8) is 0 Å². The molecule has 0 spiro atoms. The highest BCUT2D eigenvalue weighted by Gasteiger charge is 2.08. The molecule has 1 N–H and O–H groups in total. The zero-order chi connectivity index (χ0) is 11.4. The van der Waals surface area contributed by atoms with Crippen molar-refractivity contribution in [3.05, 3.63) is 25.4 Å². The van der Waals surface area contributed by atoms with Gasteiger partial charge in [-0.25, -0.2) is 9.48 Å². The van der Waals surface area contributed by atoms with Crippen LogP contribution in [-0.2, 0) is 16.1 Å². The highest BCUT2D eigenvalue weighted by atomic mass is 79.9. The van der Waals surface area contributed by atoms with E-state index in [1.54, 1.807) is 6.92 Å². The molecule has 1 aromatic rings. The van der Waals surface area contributed by atoms with Crippen LogP contribution in [0.1, 0.15) is 6.92 Å². The van der Waals surface area contributed by atoms with Gasteiger partial charge >= 0.3 is 11.7 Å². The Kier molecular flexibility index (Phi) is 3.78. The SMILES string of the molecule is CCOC(=O)Cn1nc(Br)c(=O)[nH]c1=O. The largest absolute Gasteiger partial charge is 0.465 e. The summed E-state index contributed by atoms with van der Waals surface area (Å²) >= 11 is 2.84. The van der Waals surface area contributed by atoms with E-state index in [4.69, 9.17) is 0 Å². The molecule has 0 saturated carbocycles. The van der Waals surface area contributed by atoms with Crippen LogP contribution in [0.2, 0.25) is 0 Å². The Balaban J connectivity index is 2.96. The molecule has 1 aromatic heterocycles. The van der Waals surface area contributed by atoms with Crippen LogP contribution in [0.4, 0.5) is 0 Å². The maximum atomic E-state index is 11.1. The van der Waals surface area contributed by atoms with Crippen molar-refractivity contribution in [1.29, 1.82) is 0 Å². The molecule has 8 heteroatoms. The molecular formula is C7H8BrN3O4. The smallest absolute Gasteiger partial charge is 0.345 e. The standard InChI is InChI=1S/C7H8BrN3O4/c1-2-15-4(12)3-11-7(14)9-6(13)5(8)10-11/h2-3H2,1H3,(H,9,13,14). The predicted molar refractivity (Wildman–Crippen MR) is 53.5 cm³/mol. The Morgan fingerprint density at radius 2 is 2.27 bits per heavy atom. The summed E-state index contributed by atoms with van der Waals surface area (Å²) in [4.78, 5) is 35.1. The number of nitrogens with zero attached hydrogens (tertiary/aromatic N) is 2. The van der Waals surface area contributed by atoms with E-state index in [0.717, 1.165) is 4.68 Å². The van der Waals surface area contributed by atoms with Crippen molar-refractivity contribution in [2.75, 3.05) is 6.61 Å². The van der Waals surface area contributed by atoms with Gasteiger partial charge in [-0.1, -0.05) is 0 Å². The van der Waals surface area contributed by atoms with E-state index in [1.807, 2.05) is 4.98 Å². The molecule has 0 unspecified atom stereocenters. The third-order valence-electron chi connectivity index (χ3n) is 1.43. The molecule has 0 bridgehead atoms. The fourth-order valence-corrected chi connectivity index (χ4v) is 1.14. The average Bonchev–Trinajstić information content (AvgIpc) is 2.14. The van der Waals surface area contributed by atoms with Gasteiger partial charge in [-0.2, -0.15) is 5.10 Å². The minimum atomic E-state index is -0.753. The number of nitrogens with one attached hydrogen (secondary N) is 1.